The molecule has 186 valence electrons. The van der Waals surface area contributed by atoms with Gasteiger partial charge in [0.1, 0.15) is 0 Å². The van der Waals surface area contributed by atoms with Gasteiger partial charge in [-0.25, -0.2) is 0 Å². The van der Waals surface area contributed by atoms with Crippen LogP contribution in [0.4, 0.5) is 5.69 Å². The molecule has 3 aromatic rings. The van der Waals surface area contributed by atoms with E-state index >= 15 is 0 Å². The van der Waals surface area contributed by atoms with E-state index < -0.39 is 0 Å². The summed E-state index contributed by atoms with van der Waals surface area (Å²) >= 11 is 1.84. The largest absolute Gasteiger partial charge is 0.466 e. The molecule has 1 aliphatic rings. The molecule has 1 aliphatic carbocycles. The second-order valence-electron chi connectivity index (χ2n) is 9.32. The van der Waals surface area contributed by atoms with Gasteiger partial charge >= 0.3 is 5.97 Å². The first-order valence-electron chi connectivity index (χ1n) is 12.6. The number of nitrogens with zero attached hydrogens (tertiary/aromatic N) is 2. The third-order valence-corrected chi connectivity index (χ3v) is 8.21. The van der Waals surface area contributed by atoms with Crippen molar-refractivity contribution in [2.24, 2.45) is 5.92 Å². The van der Waals surface area contributed by atoms with Crippen molar-refractivity contribution in [3.63, 3.8) is 0 Å². The highest BCUT2D eigenvalue weighted by Gasteiger charge is 2.28. The predicted octanol–water partition coefficient (Wildman–Crippen LogP) is 6.36. The molecule has 35 heavy (non-hydrogen) atoms. The van der Waals surface area contributed by atoms with Gasteiger partial charge in [-0.1, -0.05) is 19.3 Å². The molecule has 2 aromatic heterocycles. The zero-order valence-corrected chi connectivity index (χ0v) is 21.7. The van der Waals surface area contributed by atoms with Crippen molar-refractivity contribution in [3.05, 3.63) is 58.6 Å². The van der Waals surface area contributed by atoms with Gasteiger partial charge in [-0.15, -0.1) is 11.3 Å². The van der Waals surface area contributed by atoms with Crippen LogP contribution in [0.2, 0.25) is 0 Å². The van der Waals surface area contributed by atoms with Crippen molar-refractivity contribution in [3.8, 4) is 0 Å². The summed E-state index contributed by atoms with van der Waals surface area (Å²) in [5.41, 5.74) is 3.99. The van der Waals surface area contributed by atoms with Gasteiger partial charge in [0.25, 0.3) is 5.91 Å². The van der Waals surface area contributed by atoms with Crippen LogP contribution in [-0.4, -0.2) is 42.0 Å². The summed E-state index contributed by atoms with van der Waals surface area (Å²) in [5, 5.41) is 3.81. The second kappa shape index (κ2) is 11.7. The Labute approximate surface area is 211 Å². The first-order valence-corrected chi connectivity index (χ1v) is 13.4. The lowest BCUT2D eigenvalue weighted by atomic mass is 9.82. The van der Waals surface area contributed by atoms with Crippen LogP contribution in [0, 0.1) is 12.8 Å². The van der Waals surface area contributed by atoms with E-state index in [4.69, 9.17) is 4.74 Å². The summed E-state index contributed by atoms with van der Waals surface area (Å²) in [6.07, 6.45) is 8.38. The SMILES string of the molecule is CCOC(=O)CCN(C)C(=O)c1ccc(NC(c2sc3cccnc3c2C)C2CCCCC2)cc1. The van der Waals surface area contributed by atoms with Crippen LogP contribution < -0.4 is 5.32 Å². The summed E-state index contributed by atoms with van der Waals surface area (Å²) in [6.45, 7) is 4.65. The molecule has 1 unspecified atom stereocenters. The standard InChI is InChI=1S/C28H35N3O3S/c1-4-34-24(32)16-18-31(3)28(33)21-12-14-22(15-13-21)30-26(20-9-6-5-7-10-20)27-19(2)25-23(35-27)11-8-17-29-25/h8,11-15,17,20,26,30H,4-7,9-10,16,18H2,1-3H3. The van der Waals surface area contributed by atoms with Crippen molar-refractivity contribution in [1.29, 1.82) is 0 Å². The van der Waals surface area contributed by atoms with Crippen LogP contribution in [0.1, 0.15) is 72.3 Å². The van der Waals surface area contributed by atoms with E-state index in [1.54, 1.807) is 18.9 Å². The fraction of sp³-hybridized carbons (Fsp3) is 0.464. The normalized spacial score (nSPS) is 15.1. The average Bonchev–Trinajstić information content (AvgIpc) is 3.22. The van der Waals surface area contributed by atoms with E-state index in [0.717, 1.165) is 11.2 Å². The van der Waals surface area contributed by atoms with E-state index in [0.29, 0.717) is 24.6 Å². The number of ether oxygens (including phenoxy) is 1. The number of carbonyl (C=O) groups excluding carboxylic acids is 2. The van der Waals surface area contributed by atoms with Crippen molar-refractivity contribution in [2.45, 2.75) is 58.4 Å². The average molecular weight is 494 g/mol. The number of anilines is 1. The van der Waals surface area contributed by atoms with E-state index in [-0.39, 0.29) is 24.3 Å². The van der Waals surface area contributed by atoms with E-state index in [9.17, 15) is 9.59 Å². The highest BCUT2D eigenvalue weighted by Crippen LogP contribution is 2.43. The zero-order chi connectivity index (χ0) is 24.8. The van der Waals surface area contributed by atoms with Crippen LogP contribution in [0.25, 0.3) is 10.2 Å². The number of aromatic nitrogens is 1. The Balaban J connectivity index is 1.50. The molecule has 0 saturated heterocycles. The van der Waals surface area contributed by atoms with Crippen molar-refractivity contribution >= 4 is 39.1 Å². The minimum Gasteiger partial charge on any atom is -0.466 e. The fourth-order valence-corrected chi connectivity index (χ4v) is 6.24. The van der Waals surface area contributed by atoms with Crippen molar-refractivity contribution < 1.29 is 14.3 Å². The lowest BCUT2D eigenvalue weighted by molar-refractivity contribution is -0.143. The fourth-order valence-electron chi connectivity index (χ4n) is 4.93. The minimum atomic E-state index is -0.285. The maximum atomic E-state index is 12.8. The van der Waals surface area contributed by atoms with Gasteiger partial charge in [0.15, 0.2) is 0 Å². The maximum absolute atomic E-state index is 12.8. The number of rotatable bonds is 9. The molecular weight excluding hydrogens is 458 g/mol. The molecule has 0 radical (unpaired) electrons. The van der Waals surface area contributed by atoms with Crippen LogP contribution >= 0.6 is 11.3 Å². The van der Waals surface area contributed by atoms with Gasteiger partial charge in [-0.3, -0.25) is 14.6 Å². The van der Waals surface area contributed by atoms with E-state index in [1.807, 2.05) is 47.9 Å². The first kappa shape index (κ1) is 25.2. The summed E-state index contributed by atoms with van der Waals surface area (Å²) in [6, 6.07) is 12.1. The van der Waals surface area contributed by atoms with Gasteiger partial charge in [0.2, 0.25) is 0 Å². The van der Waals surface area contributed by atoms with Gasteiger partial charge in [0, 0.05) is 35.9 Å². The number of thiophene rings is 1. The number of amides is 1. The molecule has 0 aliphatic heterocycles. The predicted molar refractivity (Wildman–Crippen MR) is 142 cm³/mol. The number of carbonyl (C=O) groups is 2. The Kier molecular flexibility index (Phi) is 8.39. The Morgan fingerprint density at radius 2 is 1.91 bits per heavy atom. The van der Waals surface area contributed by atoms with Crippen LogP contribution in [-0.2, 0) is 9.53 Å². The quantitative estimate of drug-likeness (QED) is 0.351. The second-order valence-corrected chi connectivity index (χ2v) is 10.4. The summed E-state index contributed by atoms with van der Waals surface area (Å²) < 4.78 is 6.19. The number of nitrogens with one attached hydrogen (secondary N) is 1. The van der Waals surface area contributed by atoms with Gasteiger partial charge < -0.3 is 15.0 Å². The molecule has 1 N–H and O–H groups in total. The number of hydrogen-bond acceptors (Lipinski definition) is 6. The Morgan fingerprint density at radius 3 is 2.60 bits per heavy atom. The molecule has 0 bridgehead atoms. The molecule has 0 spiro atoms. The lowest BCUT2D eigenvalue weighted by Crippen LogP contribution is -2.29. The highest BCUT2D eigenvalue weighted by molar-refractivity contribution is 7.19. The first-order chi connectivity index (χ1) is 17.0. The van der Waals surface area contributed by atoms with Gasteiger partial charge in [0.05, 0.1) is 29.3 Å². The summed E-state index contributed by atoms with van der Waals surface area (Å²) in [4.78, 5) is 32.0. The zero-order valence-electron chi connectivity index (χ0n) is 20.9. The van der Waals surface area contributed by atoms with Crippen LogP contribution in [0.5, 0.6) is 0 Å². The Morgan fingerprint density at radius 1 is 1.17 bits per heavy atom. The molecule has 1 amide bonds. The molecule has 1 fully saturated rings. The molecule has 6 nitrogen and oxygen atoms in total. The van der Waals surface area contributed by atoms with Gasteiger partial charge in [-0.2, -0.15) is 0 Å². The van der Waals surface area contributed by atoms with Crippen LogP contribution in [0.3, 0.4) is 0 Å². The monoisotopic (exact) mass is 493 g/mol. The van der Waals surface area contributed by atoms with E-state index in [2.05, 4.69) is 23.3 Å². The molecule has 1 atom stereocenters. The third kappa shape index (κ3) is 6.01. The smallest absolute Gasteiger partial charge is 0.307 e. The highest BCUT2D eigenvalue weighted by atomic mass is 32.1. The van der Waals surface area contributed by atoms with Crippen molar-refractivity contribution in [2.75, 3.05) is 25.5 Å². The van der Waals surface area contributed by atoms with E-state index in [1.165, 1.54) is 47.2 Å². The molecule has 4 rings (SSSR count). The summed E-state index contributed by atoms with van der Waals surface area (Å²) in [7, 11) is 1.71. The number of fused-ring (bicyclic) bond motifs is 1. The Hall–Kier alpha value is -2.93. The lowest BCUT2D eigenvalue weighted by Gasteiger charge is -2.31. The number of benzene rings is 1. The Bertz CT molecular complexity index is 1150. The number of pyridine rings is 1. The third-order valence-electron chi connectivity index (χ3n) is 6.88. The van der Waals surface area contributed by atoms with Crippen molar-refractivity contribution in [1.82, 2.24) is 9.88 Å². The number of aryl methyl sites for hydroxylation is 1. The molecule has 7 heteroatoms. The molecule has 1 saturated carbocycles. The maximum Gasteiger partial charge on any atom is 0.307 e. The topological polar surface area (TPSA) is 71.5 Å². The summed E-state index contributed by atoms with van der Waals surface area (Å²) in [5.74, 6) is 0.189. The number of hydrogen-bond donors (Lipinski definition) is 1. The molecule has 2 heterocycles. The van der Waals surface area contributed by atoms with Crippen LogP contribution in [0.15, 0.2) is 42.6 Å². The number of esters is 1. The van der Waals surface area contributed by atoms with Gasteiger partial charge in [-0.05, 0) is 74.6 Å². The molecule has 1 aromatic carbocycles. The minimum absolute atomic E-state index is 0.101. The molecular formula is C28H35N3O3S.